The molecule has 2 heterocycles. The molecule has 10 nitrogen and oxygen atoms in total. The van der Waals surface area contributed by atoms with Gasteiger partial charge in [0.05, 0.1) is 18.1 Å². The summed E-state index contributed by atoms with van der Waals surface area (Å²) >= 11 is 5.83. The molecule has 0 bridgehead atoms. The Morgan fingerprint density at radius 3 is 2.44 bits per heavy atom. The first-order chi connectivity index (χ1) is 15.0. The zero-order valence-electron chi connectivity index (χ0n) is 17.7. The Balaban J connectivity index is 1.78. The fraction of sp³-hybridized carbons (Fsp3) is 0.524. The second kappa shape index (κ2) is 9.05. The van der Waals surface area contributed by atoms with Crippen molar-refractivity contribution in [2.75, 3.05) is 5.88 Å². The number of aliphatic hydroxyl groups is 1. The van der Waals surface area contributed by atoms with Crippen LogP contribution in [-0.2, 0) is 20.8 Å². The van der Waals surface area contributed by atoms with E-state index in [0.29, 0.717) is 5.56 Å². The number of ether oxygens (including phenoxy) is 1. The molecule has 2 aliphatic heterocycles. The summed E-state index contributed by atoms with van der Waals surface area (Å²) in [5.41, 5.74) is 4.56. The van der Waals surface area contributed by atoms with E-state index < -0.39 is 53.5 Å². The first-order valence-corrected chi connectivity index (χ1v) is 10.8. The van der Waals surface area contributed by atoms with Crippen LogP contribution >= 0.6 is 11.6 Å². The monoisotopic (exact) mass is 467 g/mol. The lowest BCUT2D eigenvalue weighted by molar-refractivity contribution is -0.168. The van der Waals surface area contributed by atoms with Crippen LogP contribution in [0.15, 0.2) is 24.3 Å². The van der Waals surface area contributed by atoms with Gasteiger partial charge in [0.1, 0.15) is 11.8 Å². The largest absolute Gasteiger partial charge is 0.480 e. The predicted octanol–water partition coefficient (Wildman–Crippen LogP) is 0.481. The van der Waals surface area contributed by atoms with Crippen molar-refractivity contribution in [3.05, 3.63) is 29.8 Å². The number of carboxylic acids is 1. The van der Waals surface area contributed by atoms with Gasteiger partial charge in [-0.05, 0) is 36.5 Å². The van der Waals surface area contributed by atoms with E-state index in [4.69, 9.17) is 27.2 Å². The molecular weight excluding hydrogens is 442 g/mol. The van der Waals surface area contributed by atoms with Gasteiger partial charge < -0.3 is 26.0 Å². The highest BCUT2D eigenvalue weighted by atomic mass is 35.5. The van der Waals surface area contributed by atoms with Crippen LogP contribution in [0.4, 0.5) is 4.79 Å². The number of hydrogen-bond acceptors (Lipinski definition) is 7. The van der Waals surface area contributed by atoms with Gasteiger partial charge in [-0.1, -0.05) is 26.0 Å². The second-order valence-electron chi connectivity index (χ2n) is 8.41. The summed E-state index contributed by atoms with van der Waals surface area (Å²) in [6.07, 6.45) is -1.84. The van der Waals surface area contributed by atoms with Crippen molar-refractivity contribution < 1.29 is 34.1 Å². The topological polar surface area (TPSA) is 159 Å². The number of likely N-dealkylation sites (tertiary alicyclic amines) is 1. The molecule has 1 aromatic carbocycles. The SMILES string of the molecule is CC(C)[C@@H](O)C12NC(=O)[C@@H](CCCl)[C@H]1N(C(=O)Oc1ccc(CC(N)C(=O)O)cc1)C2=O. The number of imide groups is 1. The molecule has 1 aromatic rings. The average molecular weight is 468 g/mol. The van der Waals surface area contributed by atoms with E-state index in [9.17, 15) is 24.3 Å². The first kappa shape index (κ1) is 24.0. The van der Waals surface area contributed by atoms with Gasteiger partial charge in [-0.15, -0.1) is 11.6 Å². The number of fused-ring (bicyclic) bond motifs is 1. The minimum absolute atomic E-state index is 0.0970. The van der Waals surface area contributed by atoms with Gasteiger partial charge in [0.2, 0.25) is 5.91 Å². The van der Waals surface area contributed by atoms with E-state index in [2.05, 4.69) is 5.32 Å². The Morgan fingerprint density at radius 2 is 1.91 bits per heavy atom. The smallest absolute Gasteiger partial charge is 0.422 e. The molecule has 2 fully saturated rings. The normalized spacial score (nSPS) is 26.2. The van der Waals surface area contributed by atoms with Crippen LogP contribution in [0, 0.1) is 11.8 Å². The molecule has 2 aliphatic rings. The number of rotatable bonds is 8. The number of aliphatic hydroxyl groups excluding tert-OH is 1. The summed E-state index contributed by atoms with van der Waals surface area (Å²) in [6, 6.07) is 4.06. The van der Waals surface area contributed by atoms with E-state index >= 15 is 0 Å². The summed E-state index contributed by atoms with van der Waals surface area (Å²) in [5.74, 6) is -3.15. The molecule has 0 aromatic heterocycles. The van der Waals surface area contributed by atoms with Gasteiger partial charge in [-0.3, -0.25) is 14.4 Å². The van der Waals surface area contributed by atoms with Gasteiger partial charge in [0.15, 0.2) is 5.54 Å². The van der Waals surface area contributed by atoms with Crippen molar-refractivity contribution in [3.8, 4) is 5.75 Å². The lowest BCUT2D eigenvalue weighted by Crippen LogP contribution is -2.82. The van der Waals surface area contributed by atoms with E-state index in [0.717, 1.165) is 4.90 Å². The highest BCUT2D eigenvalue weighted by molar-refractivity contribution is 6.18. The number of nitrogens with zero attached hydrogens (tertiary/aromatic N) is 1. The molecule has 11 heteroatoms. The minimum atomic E-state index is -1.59. The average Bonchev–Trinajstić information content (AvgIpc) is 2.98. The highest BCUT2D eigenvalue weighted by Gasteiger charge is 2.74. The van der Waals surface area contributed by atoms with Crippen LogP contribution < -0.4 is 15.8 Å². The molecule has 0 spiro atoms. The van der Waals surface area contributed by atoms with Crippen molar-refractivity contribution in [1.29, 1.82) is 0 Å². The zero-order chi connectivity index (χ0) is 23.8. The van der Waals surface area contributed by atoms with Crippen LogP contribution in [0.5, 0.6) is 5.75 Å². The van der Waals surface area contributed by atoms with Gasteiger partial charge in [-0.2, -0.15) is 0 Å². The van der Waals surface area contributed by atoms with Crippen molar-refractivity contribution in [2.45, 2.75) is 50.4 Å². The van der Waals surface area contributed by atoms with Gasteiger partial charge >= 0.3 is 12.1 Å². The van der Waals surface area contributed by atoms with Gasteiger partial charge in [0, 0.05) is 5.88 Å². The Morgan fingerprint density at radius 1 is 1.28 bits per heavy atom. The number of benzene rings is 1. The van der Waals surface area contributed by atoms with Crippen molar-refractivity contribution in [3.63, 3.8) is 0 Å². The first-order valence-electron chi connectivity index (χ1n) is 10.2. The molecule has 2 unspecified atom stereocenters. The third kappa shape index (κ3) is 3.94. The van der Waals surface area contributed by atoms with E-state index in [1.807, 2.05) is 0 Å². The summed E-state index contributed by atoms with van der Waals surface area (Å²) in [5, 5.41) is 22.2. The lowest BCUT2D eigenvalue weighted by atomic mass is 9.69. The number of halogens is 1. The number of carbonyl (C=O) groups is 4. The molecule has 5 atom stereocenters. The third-order valence-electron chi connectivity index (χ3n) is 5.98. The number of β-lactam (4-membered cyclic amide) rings is 1. The number of carboxylic acid groups (broad SMARTS) is 1. The number of amides is 3. The van der Waals surface area contributed by atoms with Crippen molar-refractivity contribution >= 4 is 35.5 Å². The van der Waals surface area contributed by atoms with Crippen LogP contribution in [0.2, 0.25) is 0 Å². The molecule has 3 rings (SSSR count). The Hall–Kier alpha value is -2.69. The zero-order valence-corrected chi connectivity index (χ0v) is 18.4. The predicted molar refractivity (Wildman–Crippen MR) is 113 cm³/mol. The van der Waals surface area contributed by atoms with Gasteiger partial charge in [-0.25, -0.2) is 9.69 Å². The van der Waals surface area contributed by atoms with Crippen LogP contribution in [0.3, 0.4) is 0 Å². The maximum atomic E-state index is 13.0. The van der Waals surface area contributed by atoms with Crippen LogP contribution in [0.25, 0.3) is 0 Å². The molecule has 0 radical (unpaired) electrons. The summed E-state index contributed by atoms with van der Waals surface area (Å²) in [7, 11) is 0. The number of nitrogens with one attached hydrogen (secondary N) is 1. The number of hydrogen-bond donors (Lipinski definition) is 4. The van der Waals surface area contributed by atoms with E-state index in [-0.39, 0.29) is 30.4 Å². The fourth-order valence-corrected chi connectivity index (χ4v) is 4.58. The molecule has 0 saturated carbocycles. The minimum Gasteiger partial charge on any atom is -0.480 e. The maximum Gasteiger partial charge on any atom is 0.422 e. The second-order valence-corrected chi connectivity index (χ2v) is 8.79. The molecule has 32 heavy (non-hydrogen) atoms. The molecule has 3 amide bonds. The number of alkyl halides is 1. The maximum absolute atomic E-state index is 13.0. The highest BCUT2D eigenvalue weighted by Crippen LogP contribution is 2.46. The Bertz CT molecular complexity index is 922. The van der Waals surface area contributed by atoms with E-state index in [1.54, 1.807) is 26.0 Å². The molecule has 0 aliphatic carbocycles. The summed E-state index contributed by atoms with van der Waals surface area (Å²) < 4.78 is 5.32. The number of carbonyl (C=O) groups excluding carboxylic acids is 3. The van der Waals surface area contributed by atoms with Crippen molar-refractivity contribution in [2.24, 2.45) is 17.6 Å². The quantitative estimate of drug-likeness (QED) is 0.317. The fourth-order valence-electron chi connectivity index (χ4n) is 4.34. The molecule has 174 valence electrons. The summed E-state index contributed by atoms with van der Waals surface area (Å²) in [4.78, 5) is 50.1. The Labute approximate surface area is 189 Å². The van der Waals surface area contributed by atoms with Crippen LogP contribution in [0.1, 0.15) is 25.8 Å². The molecule has 5 N–H and O–H groups in total. The van der Waals surface area contributed by atoms with Crippen molar-refractivity contribution in [1.82, 2.24) is 10.2 Å². The molecule has 2 saturated heterocycles. The summed E-state index contributed by atoms with van der Waals surface area (Å²) in [6.45, 7) is 3.42. The van der Waals surface area contributed by atoms with Gasteiger partial charge in [0.25, 0.3) is 5.91 Å². The lowest BCUT2D eigenvalue weighted by Gasteiger charge is -2.53. The third-order valence-corrected chi connectivity index (χ3v) is 6.20. The Kier molecular flexibility index (Phi) is 6.77. The van der Waals surface area contributed by atoms with E-state index in [1.165, 1.54) is 12.1 Å². The number of nitrogens with two attached hydrogens (primary N) is 1. The number of aliphatic carboxylic acids is 1. The standard InChI is InChI=1S/C21H26ClN3O7/c1-10(2)16(26)21-15(13(7-8-22)17(27)24-21)25(19(21)30)20(31)32-12-5-3-11(4-6-12)9-14(23)18(28)29/h3-6,10,13-16,26H,7-9,23H2,1-2H3,(H,24,27)(H,28,29)/t13-,14?,15+,16+,21?/m0/s1. The molecular formula is C21H26ClN3O7. The van der Waals surface area contributed by atoms with Crippen LogP contribution in [-0.4, -0.2) is 68.6 Å².